The highest BCUT2D eigenvalue weighted by Crippen LogP contribution is 2.38. The third-order valence-electron chi connectivity index (χ3n) is 2.91. The van der Waals surface area contributed by atoms with E-state index in [0.29, 0.717) is 10.0 Å². The van der Waals surface area contributed by atoms with E-state index in [1.54, 1.807) is 13.8 Å². The highest BCUT2D eigenvalue weighted by molar-refractivity contribution is 9.10. The molecule has 0 saturated heterocycles. The van der Waals surface area contributed by atoms with E-state index in [1.165, 1.54) is 6.07 Å². The number of hydrogen-bond donors (Lipinski definition) is 2. The van der Waals surface area contributed by atoms with Crippen LogP contribution in [-0.4, -0.2) is 11.7 Å². The molecule has 0 aliphatic carbocycles. The molecule has 0 aliphatic heterocycles. The topological polar surface area (TPSA) is 46.2 Å². The summed E-state index contributed by atoms with van der Waals surface area (Å²) in [6, 6.07) is 2.64. The summed E-state index contributed by atoms with van der Waals surface area (Å²) in [5.41, 5.74) is 4.83. The predicted molar refractivity (Wildman–Crippen MR) is 74.2 cm³/mol. The maximum atomic E-state index is 12.6. The minimum absolute atomic E-state index is 0. The van der Waals surface area contributed by atoms with Crippen LogP contribution in [0.4, 0.5) is 13.2 Å². The second-order valence-corrected chi connectivity index (χ2v) is 5.71. The molecule has 0 saturated carbocycles. The van der Waals surface area contributed by atoms with Crippen molar-refractivity contribution in [2.24, 2.45) is 11.1 Å². The van der Waals surface area contributed by atoms with Crippen LogP contribution in [0.2, 0.25) is 0 Å². The predicted octanol–water partition coefficient (Wildman–Crippen LogP) is 3.91. The number of aliphatic hydroxyl groups excluding tert-OH is 1. The van der Waals surface area contributed by atoms with Crippen LogP contribution >= 0.6 is 28.3 Å². The fraction of sp³-hybridized carbons (Fsp3) is 0.500. The van der Waals surface area contributed by atoms with Gasteiger partial charge in [-0.05, 0) is 23.8 Å². The van der Waals surface area contributed by atoms with Crippen LogP contribution in [0.15, 0.2) is 22.7 Å². The number of aliphatic hydroxyl groups is 1. The van der Waals surface area contributed by atoms with Gasteiger partial charge in [-0.3, -0.25) is 0 Å². The van der Waals surface area contributed by atoms with Crippen molar-refractivity contribution in [1.29, 1.82) is 0 Å². The number of benzene rings is 1. The van der Waals surface area contributed by atoms with Gasteiger partial charge in [-0.1, -0.05) is 29.8 Å². The van der Waals surface area contributed by atoms with Crippen LogP contribution in [0, 0.1) is 5.41 Å². The first-order chi connectivity index (χ1) is 8.09. The Morgan fingerprint density at radius 2 is 1.84 bits per heavy atom. The molecule has 1 atom stereocenters. The Bertz CT molecular complexity index is 437. The van der Waals surface area contributed by atoms with Gasteiger partial charge in [0.05, 0.1) is 5.56 Å². The first-order valence-electron chi connectivity index (χ1n) is 5.32. The van der Waals surface area contributed by atoms with Crippen LogP contribution < -0.4 is 5.73 Å². The maximum absolute atomic E-state index is 12.6. The Kier molecular flexibility index (Phi) is 6.33. The lowest BCUT2D eigenvalue weighted by molar-refractivity contribution is -0.137. The average molecular weight is 363 g/mol. The maximum Gasteiger partial charge on any atom is 0.416 e. The van der Waals surface area contributed by atoms with E-state index in [1.807, 2.05) is 0 Å². The third kappa shape index (κ3) is 4.34. The molecule has 1 aromatic rings. The van der Waals surface area contributed by atoms with Gasteiger partial charge in [0.25, 0.3) is 0 Å². The van der Waals surface area contributed by atoms with Crippen molar-refractivity contribution in [1.82, 2.24) is 0 Å². The summed E-state index contributed by atoms with van der Waals surface area (Å²) < 4.78 is 38.4. The molecule has 19 heavy (non-hydrogen) atoms. The molecule has 110 valence electrons. The fourth-order valence-corrected chi connectivity index (χ4v) is 1.97. The minimum Gasteiger partial charge on any atom is -0.396 e. The summed E-state index contributed by atoms with van der Waals surface area (Å²) >= 11 is 3.19. The van der Waals surface area contributed by atoms with Gasteiger partial charge in [0.15, 0.2) is 0 Å². The van der Waals surface area contributed by atoms with Crippen molar-refractivity contribution in [3.63, 3.8) is 0 Å². The van der Waals surface area contributed by atoms with Crippen LogP contribution in [0.1, 0.15) is 31.0 Å². The van der Waals surface area contributed by atoms with Gasteiger partial charge in [-0.2, -0.15) is 13.2 Å². The van der Waals surface area contributed by atoms with E-state index in [-0.39, 0.29) is 19.0 Å². The zero-order valence-electron chi connectivity index (χ0n) is 10.5. The largest absolute Gasteiger partial charge is 0.416 e. The van der Waals surface area contributed by atoms with Crippen LogP contribution in [0.3, 0.4) is 0 Å². The molecule has 0 unspecified atom stereocenters. The number of nitrogens with two attached hydrogens (primary N) is 1. The second kappa shape index (κ2) is 6.43. The Balaban J connectivity index is 0.00000324. The van der Waals surface area contributed by atoms with Gasteiger partial charge in [0.1, 0.15) is 0 Å². The van der Waals surface area contributed by atoms with E-state index < -0.39 is 23.2 Å². The Morgan fingerprint density at radius 1 is 1.32 bits per heavy atom. The SMILES string of the molecule is CC(C)(CO)[C@H](N)c1cc(C(F)(F)F)ccc1Br.Cl. The number of halogens is 5. The standard InChI is InChI=1S/C12H15BrF3NO.ClH/c1-11(2,6-18)10(17)8-5-7(12(14,15)16)3-4-9(8)13;/h3-5,10,18H,6,17H2,1-2H3;1H/t10-;/m1./s1. The van der Waals surface area contributed by atoms with Gasteiger partial charge in [0, 0.05) is 22.5 Å². The molecular weight excluding hydrogens is 346 g/mol. The van der Waals surface area contributed by atoms with Crippen molar-refractivity contribution in [2.75, 3.05) is 6.61 Å². The van der Waals surface area contributed by atoms with Gasteiger partial charge in [0.2, 0.25) is 0 Å². The lowest BCUT2D eigenvalue weighted by atomic mass is 9.81. The first-order valence-corrected chi connectivity index (χ1v) is 6.12. The Labute approximate surface area is 124 Å². The van der Waals surface area contributed by atoms with Gasteiger partial charge >= 0.3 is 6.18 Å². The summed E-state index contributed by atoms with van der Waals surface area (Å²) in [5, 5.41) is 9.23. The third-order valence-corrected chi connectivity index (χ3v) is 3.63. The summed E-state index contributed by atoms with van der Waals surface area (Å²) in [5.74, 6) is 0. The zero-order chi connectivity index (χ0) is 14.1. The highest BCUT2D eigenvalue weighted by atomic mass is 79.9. The minimum atomic E-state index is -4.40. The van der Waals surface area contributed by atoms with Crippen molar-refractivity contribution < 1.29 is 18.3 Å². The summed E-state index contributed by atoms with van der Waals surface area (Å²) in [6.45, 7) is 3.19. The summed E-state index contributed by atoms with van der Waals surface area (Å²) in [4.78, 5) is 0. The number of hydrogen-bond acceptors (Lipinski definition) is 2. The lowest BCUT2D eigenvalue weighted by Crippen LogP contribution is -2.32. The molecule has 3 N–H and O–H groups in total. The molecule has 0 spiro atoms. The molecule has 7 heteroatoms. The second-order valence-electron chi connectivity index (χ2n) is 4.86. The number of alkyl halides is 3. The van der Waals surface area contributed by atoms with E-state index in [2.05, 4.69) is 15.9 Å². The smallest absolute Gasteiger partial charge is 0.396 e. The number of rotatable bonds is 3. The molecular formula is C12H16BrClF3NO. The fourth-order valence-electron chi connectivity index (χ4n) is 1.48. The molecule has 0 amide bonds. The monoisotopic (exact) mass is 361 g/mol. The van der Waals surface area contributed by atoms with Gasteiger partial charge < -0.3 is 10.8 Å². The van der Waals surface area contributed by atoms with Gasteiger partial charge in [-0.15, -0.1) is 12.4 Å². The molecule has 0 aliphatic rings. The normalized spacial score (nSPS) is 13.9. The van der Waals surface area contributed by atoms with Gasteiger partial charge in [-0.25, -0.2) is 0 Å². The van der Waals surface area contributed by atoms with Crippen LogP contribution in [0.5, 0.6) is 0 Å². The molecule has 1 rings (SSSR count). The molecule has 2 nitrogen and oxygen atoms in total. The quantitative estimate of drug-likeness (QED) is 0.856. The molecule has 0 aromatic heterocycles. The summed E-state index contributed by atoms with van der Waals surface area (Å²) in [6.07, 6.45) is -4.40. The molecule has 1 aromatic carbocycles. The Hall–Kier alpha value is -0.300. The Morgan fingerprint density at radius 3 is 2.26 bits per heavy atom. The van der Waals surface area contributed by atoms with E-state index in [4.69, 9.17) is 5.73 Å². The summed E-state index contributed by atoms with van der Waals surface area (Å²) in [7, 11) is 0. The van der Waals surface area contributed by atoms with Crippen molar-refractivity contribution in [3.8, 4) is 0 Å². The van der Waals surface area contributed by atoms with Crippen molar-refractivity contribution >= 4 is 28.3 Å². The van der Waals surface area contributed by atoms with E-state index in [0.717, 1.165) is 12.1 Å². The van der Waals surface area contributed by atoms with Crippen molar-refractivity contribution in [3.05, 3.63) is 33.8 Å². The molecule has 0 fully saturated rings. The molecule has 0 heterocycles. The van der Waals surface area contributed by atoms with Crippen LogP contribution in [0.25, 0.3) is 0 Å². The molecule has 0 bridgehead atoms. The van der Waals surface area contributed by atoms with E-state index >= 15 is 0 Å². The molecule has 0 radical (unpaired) electrons. The van der Waals surface area contributed by atoms with Crippen molar-refractivity contribution in [2.45, 2.75) is 26.1 Å². The first kappa shape index (κ1) is 18.7. The lowest BCUT2D eigenvalue weighted by Gasteiger charge is -2.30. The van der Waals surface area contributed by atoms with E-state index in [9.17, 15) is 18.3 Å². The average Bonchev–Trinajstić information content (AvgIpc) is 2.27. The van der Waals surface area contributed by atoms with Crippen LogP contribution in [-0.2, 0) is 6.18 Å². The zero-order valence-corrected chi connectivity index (χ0v) is 12.9. The highest BCUT2D eigenvalue weighted by Gasteiger charge is 2.34.